The number of methoxy groups -OCH3 is 1. The van der Waals surface area contributed by atoms with Crippen LogP contribution in [-0.4, -0.2) is 18.0 Å². The van der Waals surface area contributed by atoms with Crippen LogP contribution in [0.25, 0.3) is 10.8 Å². The highest BCUT2D eigenvalue weighted by Gasteiger charge is 2.11. The number of ether oxygens (including phenoxy) is 2. The van der Waals surface area contributed by atoms with E-state index in [1.165, 1.54) is 24.3 Å². The molecule has 0 fully saturated rings. The van der Waals surface area contributed by atoms with Crippen LogP contribution in [0.2, 0.25) is 0 Å². The van der Waals surface area contributed by atoms with Gasteiger partial charge < -0.3 is 9.47 Å². The number of carbonyl (C=O) groups is 1. The lowest BCUT2D eigenvalue weighted by molar-refractivity contribution is -0.384. The Morgan fingerprint density at radius 3 is 2.36 bits per heavy atom. The molecule has 0 heterocycles. The minimum atomic E-state index is -0.523. The van der Waals surface area contributed by atoms with Gasteiger partial charge in [-0.3, -0.25) is 10.1 Å². The van der Waals surface area contributed by atoms with Crippen LogP contribution in [0.5, 0.6) is 5.75 Å². The van der Waals surface area contributed by atoms with Crippen LogP contribution in [0.3, 0.4) is 0 Å². The largest absolute Gasteiger partial charge is 0.497 e. The fourth-order valence-corrected chi connectivity index (χ4v) is 2.44. The fraction of sp³-hybridized carbons (Fsp3) is 0.105. The van der Waals surface area contributed by atoms with E-state index in [2.05, 4.69) is 0 Å². The third-order valence-electron chi connectivity index (χ3n) is 3.80. The van der Waals surface area contributed by atoms with E-state index in [0.29, 0.717) is 0 Å². The zero-order valence-electron chi connectivity index (χ0n) is 13.5. The van der Waals surface area contributed by atoms with Gasteiger partial charge in [0.05, 0.1) is 17.6 Å². The Morgan fingerprint density at radius 2 is 1.68 bits per heavy atom. The number of nitrogens with zero attached hydrogens (tertiary/aromatic N) is 1. The van der Waals surface area contributed by atoms with Gasteiger partial charge in [0.2, 0.25) is 0 Å². The monoisotopic (exact) mass is 337 g/mol. The first-order valence-corrected chi connectivity index (χ1v) is 7.55. The van der Waals surface area contributed by atoms with Crippen molar-refractivity contribution in [1.29, 1.82) is 0 Å². The van der Waals surface area contributed by atoms with Crippen molar-refractivity contribution >= 4 is 22.4 Å². The maximum atomic E-state index is 12.0. The number of hydrogen-bond donors (Lipinski definition) is 0. The highest BCUT2D eigenvalue weighted by atomic mass is 16.6. The summed E-state index contributed by atoms with van der Waals surface area (Å²) in [6.07, 6.45) is 0. The molecule has 0 bridgehead atoms. The van der Waals surface area contributed by atoms with Gasteiger partial charge in [-0.2, -0.15) is 0 Å². The van der Waals surface area contributed by atoms with E-state index >= 15 is 0 Å². The van der Waals surface area contributed by atoms with E-state index < -0.39 is 10.9 Å². The molecule has 0 aliphatic heterocycles. The Morgan fingerprint density at radius 1 is 1.00 bits per heavy atom. The summed E-state index contributed by atoms with van der Waals surface area (Å²) in [5, 5.41) is 12.7. The third kappa shape index (κ3) is 3.74. The van der Waals surface area contributed by atoms with Crippen LogP contribution in [-0.2, 0) is 11.3 Å². The first-order chi connectivity index (χ1) is 12.1. The molecule has 0 saturated heterocycles. The summed E-state index contributed by atoms with van der Waals surface area (Å²) in [7, 11) is 1.62. The van der Waals surface area contributed by atoms with Gasteiger partial charge in [0, 0.05) is 12.1 Å². The van der Waals surface area contributed by atoms with Crippen LogP contribution >= 0.6 is 0 Å². The molecule has 0 amide bonds. The predicted molar refractivity (Wildman–Crippen MR) is 92.7 cm³/mol. The van der Waals surface area contributed by atoms with Gasteiger partial charge in [-0.15, -0.1) is 0 Å². The quantitative estimate of drug-likeness (QED) is 0.398. The van der Waals surface area contributed by atoms with Crippen LogP contribution in [0.1, 0.15) is 15.9 Å². The molecule has 6 nitrogen and oxygen atoms in total. The molecule has 0 aromatic heterocycles. The maximum absolute atomic E-state index is 12.0. The highest BCUT2D eigenvalue weighted by molar-refractivity contribution is 5.89. The SMILES string of the molecule is COc1ccc2cc(COC(=O)c3ccc([N+](=O)[O-])cc3)ccc2c1. The Balaban J connectivity index is 1.69. The molecule has 0 radical (unpaired) electrons. The van der Waals surface area contributed by atoms with Crippen molar-refractivity contribution in [3.05, 3.63) is 81.9 Å². The van der Waals surface area contributed by atoms with Crippen molar-refractivity contribution in [2.75, 3.05) is 7.11 Å². The lowest BCUT2D eigenvalue weighted by atomic mass is 10.1. The molecule has 25 heavy (non-hydrogen) atoms. The van der Waals surface area contributed by atoms with Gasteiger partial charge in [-0.1, -0.05) is 18.2 Å². The topological polar surface area (TPSA) is 78.7 Å². The number of hydrogen-bond acceptors (Lipinski definition) is 5. The summed E-state index contributed by atoms with van der Waals surface area (Å²) in [5.41, 5.74) is 1.06. The van der Waals surface area contributed by atoms with Crippen molar-refractivity contribution in [3.8, 4) is 5.75 Å². The normalized spacial score (nSPS) is 10.4. The van der Waals surface area contributed by atoms with Gasteiger partial charge in [0.1, 0.15) is 12.4 Å². The van der Waals surface area contributed by atoms with Crippen molar-refractivity contribution in [1.82, 2.24) is 0 Å². The van der Waals surface area contributed by atoms with E-state index in [4.69, 9.17) is 9.47 Å². The fourth-order valence-electron chi connectivity index (χ4n) is 2.44. The minimum absolute atomic E-state index is 0.0680. The summed E-state index contributed by atoms with van der Waals surface area (Å²) in [5.74, 6) is 0.259. The first kappa shape index (κ1) is 16.4. The Labute approximate surface area is 143 Å². The number of carbonyl (C=O) groups excluding carboxylic acids is 1. The molecule has 0 aliphatic carbocycles. The predicted octanol–water partition coefficient (Wildman–Crippen LogP) is 4.11. The van der Waals surface area contributed by atoms with E-state index in [1.54, 1.807) is 7.11 Å². The standard InChI is InChI=1S/C19H15NO5/c1-24-18-9-6-15-10-13(2-3-16(15)11-18)12-25-19(21)14-4-7-17(8-5-14)20(22)23/h2-11H,12H2,1H3. The Bertz CT molecular complexity index is 934. The summed E-state index contributed by atoms with van der Waals surface area (Å²) in [6, 6.07) is 16.8. The van der Waals surface area contributed by atoms with E-state index in [0.717, 1.165) is 22.1 Å². The Kier molecular flexibility index (Phi) is 4.61. The number of rotatable bonds is 5. The molecule has 3 aromatic carbocycles. The van der Waals surface area contributed by atoms with Crippen LogP contribution in [0, 0.1) is 10.1 Å². The van der Waals surface area contributed by atoms with Gasteiger partial charge in [0.15, 0.2) is 0 Å². The van der Waals surface area contributed by atoms with Gasteiger partial charge >= 0.3 is 5.97 Å². The molecule has 3 rings (SSSR count). The van der Waals surface area contributed by atoms with Gasteiger partial charge in [-0.25, -0.2) is 4.79 Å². The third-order valence-corrected chi connectivity index (χ3v) is 3.80. The lowest BCUT2D eigenvalue weighted by Gasteiger charge is -2.07. The molecule has 0 unspecified atom stereocenters. The zero-order chi connectivity index (χ0) is 17.8. The summed E-state index contributed by atoms with van der Waals surface area (Å²) in [4.78, 5) is 22.1. The van der Waals surface area contributed by atoms with Crippen molar-refractivity contribution in [2.45, 2.75) is 6.61 Å². The zero-order valence-corrected chi connectivity index (χ0v) is 13.5. The second-order valence-corrected chi connectivity index (χ2v) is 5.43. The van der Waals surface area contributed by atoms with Gasteiger partial charge in [0.25, 0.3) is 5.69 Å². The van der Waals surface area contributed by atoms with E-state index in [1.807, 2.05) is 36.4 Å². The molecule has 3 aromatic rings. The molecule has 0 aliphatic rings. The van der Waals surface area contributed by atoms with Gasteiger partial charge in [-0.05, 0) is 46.7 Å². The summed E-state index contributed by atoms with van der Waals surface area (Å²) >= 11 is 0. The molecular weight excluding hydrogens is 322 g/mol. The second kappa shape index (κ2) is 7.00. The van der Waals surface area contributed by atoms with Crippen molar-refractivity contribution in [2.24, 2.45) is 0 Å². The Hall–Kier alpha value is -3.41. The average molecular weight is 337 g/mol. The molecule has 0 N–H and O–H groups in total. The molecular formula is C19H15NO5. The summed E-state index contributed by atoms with van der Waals surface area (Å²) in [6.45, 7) is 0.123. The van der Waals surface area contributed by atoms with Crippen LogP contribution < -0.4 is 4.74 Å². The van der Waals surface area contributed by atoms with E-state index in [9.17, 15) is 14.9 Å². The van der Waals surface area contributed by atoms with Crippen LogP contribution in [0.15, 0.2) is 60.7 Å². The molecule has 0 saturated carbocycles. The number of esters is 1. The lowest BCUT2D eigenvalue weighted by Crippen LogP contribution is -2.05. The maximum Gasteiger partial charge on any atom is 0.338 e. The van der Waals surface area contributed by atoms with E-state index in [-0.39, 0.29) is 17.9 Å². The first-order valence-electron chi connectivity index (χ1n) is 7.55. The van der Waals surface area contributed by atoms with Crippen molar-refractivity contribution in [3.63, 3.8) is 0 Å². The number of fused-ring (bicyclic) bond motifs is 1. The number of non-ortho nitro benzene ring substituents is 1. The van der Waals surface area contributed by atoms with Crippen molar-refractivity contribution < 1.29 is 19.2 Å². The average Bonchev–Trinajstić information content (AvgIpc) is 2.65. The second-order valence-electron chi connectivity index (χ2n) is 5.43. The smallest absolute Gasteiger partial charge is 0.338 e. The minimum Gasteiger partial charge on any atom is -0.497 e. The molecule has 0 spiro atoms. The number of nitro benzene ring substituents is 1. The molecule has 6 heteroatoms. The van der Waals surface area contributed by atoms with Crippen LogP contribution in [0.4, 0.5) is 5.69 Å². The molecule has 0 atom stereocenters. The number of nitro groups is 1. The summed E-state index contributed by atoms with van der Waals surface area (Å²) < 4.78 is 10.5. The highest BCUT2D eigenvalue weighted by Crippen LogP contribution is 2.22. The molecule has 126 valence electrons. The number of benzene rings is 3.